The van der Waals surface area contributed by atoms with Crippen LogP contribution in [0.3, 0.4) is 0 Å². The molecule has 0 atom stereocenters. The fraction of sp³-hybridized carbons (Fsp3) is 0. The quantitative estimate of drug-likeness (QED) is 0.669. The van der Waals surface area contributed by atoms with Gasteiger partial charge in [-0.25, -0.2) is 4.39 Å². The van der Waals surface area contributed by atoms with Crippen molar-refractivity contribution in [3.05, 3.63) is 46.0 Å². The topological polar surface area (TPSA) is 52.3 Å². The van der Waals surface area contributed by atoms with Gasteiger partial charge in [-0.2, -0.15) is 19.6 Å². The van der Waals surface area contributed by atoms with Gasteiger partial charge in [-0.05, 0) is 28.1 Å². The van der Waals surface area contributed by atoms with E-state index in [2.05, 4.69) is 31.0 Å². The summed E-state index contributed by atoms with van der Waals surface area (Å²) >= 11 is 8.92. The molecule has 0 spiro atoms. The molecule has 0 aliphatic heterocycles. The van der Waals surface area contributed by atoms with Crippen LogP contribution in [0.15, 0.2) is 35.1 Å². The number of benzene rings is 1. The number of ether oxygens (including phenoxy) is 1. The van der Waals surface area contributed by atoms with Gasteiger partial charge in [-0.3, -0.25) is 0 Å². The van der Waals surface area contributed by atoms with E-state index in [9.17, 15) is 4.39 Å². The largest absolute Gasteiger partial charge is 0.439 e. The zero-order valence-corrected chi connectivity index (χ0v) is 11.6. The van der Waals surface area contributed by atoms with Gasteiger partial charge in [0.1, 0.15) is 23.0 Å². The lowest BCUT2D eigenvalue weighted by molar-refractivity contribution is 0.441. The SMILES string of the molecule is Fc1cc(Oc2cc(Cl)nc3ncnn23)ccc1Br. The molecule has 0 radical (unpaired) electrons. The highest BCUT2D eigenvalue weighted by Gasteiger charge is 2.09. The Morgan fingerprint density at radius 2 is 2.16 bits per heavy atom. The van der Waals surface area contributed by atoms with Crippen molar-refractivity contribution in [2.24, 2.45) is 0 Å². The zero-order valence-electron chi connectivity index (χ0n) is 9.22. The summed E-state index contributed by atoms with van der Waals surface area (Å²) in [7, 11) is 0. The number of fused-ring (bicyclic) bond motifs is 1. The third kappa shape index (κ3) is 2.39. The summed E-state index contributed by atoms with van der Waals surface area (Å²) in [6.07, 6.45) is 1.33. The van der Waals surface area contributed by atoms with Crippen LogP contribution in [0.1, 0.15) is 0 Å². The molecule has 0 saturated carbocycles. The summed E-state index contributed by atoms with van der Waals surface area (Å²) in [6, 6.07) is 5.89. The summed E-state index contributed by atoms with van der Waals surface area (Å²) in [5, 5.41) is 4.17. The summed E-state index contributed by atoms with van der Waals surface area (Å²) in [6.45, 7) is 0. The number of rotatable bonds is 2. The van der Waals surface area contributed by atoms with Crippen molar-refractivity contribution in [2.45, 2.75) is 0 Å². The maximum absolute atomic E-state index is 13.4. The molecule has 8 heteroatoms. The molecular weight excluding hydrogens is 339 g/mol. The standard InChI is InChI=1S/C11H5BrClFN4O/c12-7-2-1-6(3-8(7)14)19-10-4-9(13)17-11-15-5-16-18(10)11/h1-5H. The Hall–Kier alpha value is -1.73. The Morgan fingerprint density at radius 3 is 2.95 bits per heavy atom. The lowest BCUT2D eigenvalue weighted by atomic mass is 10.3. The molecule has 0 unspecified atom stereocenters. The normalized spacial score (nSPS) is 10.9. The Kier molecular flexibility index (Phi) is 3.08. The predicted molar refractivity (Wildman–Crippen MR) is 70.0 cm³/mol. The second-order valence-corrected chi connectivity index (χ2v) is 4.81. The minimum atomic E-state index is -0.424. The van der Waals surface area contributed by atoms with Gasteiger partial charge in [0.05, 0.1) is 4.47 Å². The average Bonchev–Trinajstić information content (AvgIpc) is 2.82. The van der Waals surface area contributed by atoms with E-state index in [4.69, 9.17) is 16.3 Å². The molecule has 0 amide bonds. The van der Waals surface area contributed by atoms with Crippen molar-refractivity contribution >= 4 is 33.3 Å². The number of hydrogen-bond donors (Lipinski definition) is 0. The molecule has 0 aliphatic carbocycles. The minimum absolute atomic E-state index is 0.216. The van der Waals surface area contributed by atoms with Crippen molar-refractivity contribution in [2.75, 3.05) is 0 Å². The van der Waals surface area contributed by atoms with Gasteiger partial charge in [-0.1, -0.05) is 11.6 Å². The third-order valence-corrected chi connectivity index (χ3v) is 3.14. The summed E-state index contributed by atoms with van der Waals surface area (Å²) < 4.78 is 20.7. The van der Waals surface area contributed by atoms with Gasteiger partial charge in [0.25, 0.3) is 5.78 Å². The molecule has 5 nitrogen and oxygen atoms in total. The van der Waals surface area contributed by atoms with E-state index >= 15 is 0 Å². The van der Waals surface area contributed by atoms with Gasteiger partial charge >= 0.3 is 0 Å². The lowest BCUT2D eigenvalue weighted by Crippen LogP contribution is -1.98. The molecule has 3 rings (SSSR count). The van der Waals surface area contributed by atoms with Crippen molar-refractivity contribution in [1.82, 2.24) is 19.6 Å². The van der Waals surface area contributed by atoms with Crippen molar-refractivity contribution < 1.29 is 9.13 Å². The minimum Gasteiger partial charge on any atom is -0.439 e. The van der Waals surface area contributed by atoms with Gasteiger partial charge < -0.3 is 4.74 Å². The molecule has 0 fully saturated rings. The Labute approximate surface area is 120 Å². The molecule has 3 aromatic rings. The number of halogens is 3. The fourth-order valence-electron chi connectivity index (χ4n) is 1.49. The average molecular weight is 344 g/mol. The molecule has 0 bridgehead atoms. The first-order chi connectivity index (χ1) is 9.13. The van der Waals surface area contributed by atoms with E-state index in [0.29, 0.717) is 21.9 Å². The zero-order chi connectivity index (χ0) is 13.4. The lowest BCUT2D eigenvalue weighted by Gasteiger charge is -2.07. The van der Waals surface area contributed by atoms with Crippen LogP contribution in [0.2, 0.25) is 5.15 Å². The van der Waals surface area contributed by atoms with E-state index in [1.165, 1.54) is 23.0 Å². The van der Waals surface area contributed by atoms with Crippen LogP contribution < -0.4 is 4.74 Å². The summed E-state index contributed by atoms with van der Waals surface area (Å²) in [5.41, 5.74) is 0. The molecule has 0 aliphatic rings. The monoisotopic (exact) mass is 342 g/mol. The maximum atomic E-state index is 13.4. The van der Waals surface area contributed by atoms with Crippen LogP contribution in [-0.2, 0) is 0 Å². The molecule has 0 saturated heterocycles. The van der Waals surface area contributed by atoms with Gasteiger partial charge in [0, 0.05) is 12.1 Å². The molecule has 19 heavy (non-hydrogen) atoms. The maximum Gasteiger partial charge on any atom is 0.256 e. The highest BCUT2D eigenvalue weighted by Crippen LogP contribution is 2.26. The highest BCUT2D eigenvalue weighted by molar-refractivity contribution is 9.10. The number of hydrogen-bond acceptors (Lipinski definition) is 4. The number of nitrogens with zero attached hydrogens (tertiary/aromatic N) is 4. The number of aromatic nitrogens is 4. The second kappa shape index (κ2) is 4.75. The van der Waals surface area contributed by atoms with E-state index in [1.807, 2.05) is 0 Å². The molecule has 2 aromatic heterocycles. The smallest absolute Gasteiger partial charge is 0.256 e. The molecule has 2 heterocycles. The van der Waals surface area contributed by atoms with Crippen molar-refractivity contribution in [1.29, 1.82) is 0 Å². The molecular formula is C11H5BrClFN4O. The van der Waals surface area contributed by atoms with Gasteiger partial charge in [-0.15, -0.1) is 0 Å². The predicted octanol–water partition coefficient (Wildman–Crippen LogP) is 3.47. The molecule has 1 aromatic carbocycles. The third-order valence-electron chi connectivity index (χ3n) is 2.30. The first-order valence-corrected chi connectivity index (χ1v) is 6.30. The van der Waals surface area contributed by atoms with Crippen LogP contribution in [-0.4, -0.2) is 19.6 Å². The molecule has 96 valence electrons. The summed E-state index contributed by atoms with van der Waals surface area (Å²) in [4.78, 5) is 7.87. The second-order valence-electron chi connectivity index (χ2n) is 3.57. The van der Waals surface area contributed by atoms with E-state index in [-0.39, 0.29) is 5.15 Å². The van der Waals surface area contributed by atoms with Crippen molar-refractivity contribution in [3.8, 4) is 11.6 Å². The summed E-state index contributed by atoms with van der Waals surface area (Å²) in [5.74, 6) is 0.501. The van der Waals surface area contributed by atoms with Crippen LogP contribution in [0.25, 0.3) is 5.78 Å². The first kappa shape index (κ1) is 12.3. The van der Waals surface area contributed by atoms with Crippen LogP contribution in [0, 0.1) is 5.82 Å². The van der Waals surface area contributed by atoms with Gasteiger partial charge in [0.2, 0.25) is 5.88 Å². The Bertz CT molecular complexity index is 764. The highest BCUT2D eigenvalue weighted by atomic mass is 79.9. The Balaban J connectivity index is 2.04. The van der Waals surface area contributed by atoms with E-state index in [1.54, 1.807) is 12.1 Å². The van der Waals surface area contributed by atoms with Crippen molar-refractivity contribution in [3.63, 3.8) is 0 Å². The first-order valence-electron chi connectivity index (χ1n) is 5.13. The van der Waals surface area contributed by atoms with Crippen LogP contribution >= 0.6 is 27.5 Å². The van der Waals surface area contributed by atoms with E-state index in [0.717, 1.165) is 0 Å². The van der Waals surface area contributed by atoms with Gasteiger partial charge in [0.15, 0.2) is 0 Å². The fourth-order valence-corrected chi connectivity index (χ4v) is 1.91. The molecule has 0 N–H and O–H groups in total. The van der Waals surface area contributed by atoms with Crippen LogP contribution in [0.5, 0.6) is 11.6 Å². The Morgan fingerprint density at radius 1 is 1.32 bits per heavy atom. The van der Waals surface area contributed by atoms with Crippen LogP contribution in [0.4, 0.5) is 4.39 Å². The van der Waals surface area contributed by atoms with E-state index < -0.39 is 5.82 Å².